The minimum Gasteiger partial charge on any atom is -0.348 e. The van der Waals surface area contributed by atoms with Crippen molar-refractivity contribution in [2.45, 2.75) is 57.6 Å². The first kappa shape index (κ1) is 23.9. The van der Waals surface area contributed by atoms with Gasteiger partial charge in [0.15, 0.2) is 5.03 Å². The molecule has 0 bridgehead atoms. The molecule has 0 aliphatic heterocycles. The molecule has 7 nitrogen and oxygen atoms in total. The maximum absolute atomic E-state index is 13.7. The first-order valence-corrected chi connectivity index (χ1v) is 12.8. The monoisotopic (exact) mass is 472 g/mol. The summed E-state index contributed by atoms with van der Waals surface area (Å²) in [6.07, 6.45) is 3.54. The van der Waals surface area contributed by atoms with Crippen molar-refractivity contribution in [3.05, 3.63) is 70.3 Å². The van der Waals surface area contributed by atoms with Gasteiger partial charge in [0.25, 0.3) is 10.0 Å². The number of aryl methyl sites for hydroxylation is 1. The number of aromatic nitrogens is 2. The van der Waals surface area contributed by atoms with Gasteiger partial charge in [0, 0.05) is 17.8 Å². The van der Waals surface area contributed by atoms with Gasteiger partial charge < -0.3 is 5.32 Å². The quantitative estimate of drug-likeness (QED) is 0.502. The lowest BCUT2D eigenvalue weighted by Gasteiger charge is -2.31. The van der Waals surface area contributed by atoms with E-state index < -0.39 is 16.1 Å². The summed E-state index contributed by atoms with van der Waals surface area (Å²) in [5.41, 5.74) is 2.35. The Balaban J connectivity index is 1.99. The Labute approximate surface area is 193 Å². The van der Waals surface area contributed by atoms with Crippen LogP contribution in [0.2, 0.25) is 0 Å². The van der Waals surface area contributed by atoms with Crippen LogP contribution in [-0.2, 0) is 21.4 Å². The number of hydrogen-bond donors (Lipinski definition) is 1. The number of carbonyl (C=O) groups is 1. The van der Waals surface area contributed by atoms with Gasteiger partial charge in [-0.2, -0.15) is 8.42 Å². The van der Waals surface area contributed by atoms with E-state index in [1.165, 1.54) is 21.7 Å². The van der Waals surface area contributed by atoms with Crippen molar-refractivity contribution in [1.82, 2.24) is 15.3 Å². The number of hydrogen-bond acceptors (Lipinski definition) is 6. The summed E-state index contributed by atoms with van der Waals surface area (Å²) < 4.78 is 28.6. The van der Waals surface area contributed by atoms with Crippen LogP contribution in [0.15, 0.2) is 59.2 Å². The number of nitrogens with one attached hydrogen (secondary N) is 1. The zero-order valence-corrected chi connectivity index (χ0v) is 20.3. The largest absolute Gasteiger partial charge is 0.348 e. The highest BCUT2D eigenvalue weighted by Gasteiger charge is 2.36. The van der Waals surface area contributed by atoms with Crippen LogP contribution in [0.4, 0.5) is 5.69 Å². The molecule has 1 atom stereocenters. The van der Waals surface area contributed by atoms with Crippen LogP contribution in [0.5, 0.6) is 0 Å². The number of benzene rings is 1. The molecular weight excluding hydrogens is 444 g/mol. The lowest BCUT2D eigenvalue weighted by molar-refractivity contribution is -0.122. The Hall–Kier alpha value is -2.78. The second kappa shape index (κ2) is 10.2. The van der Waals surface area contributed by atoms with Crippen LogP contribution in [-0.4, -0.2) is 30.3 Å². The van der Waals surface area contributed by atoms with Crippen molar-refractivity contribution < 1.29 is 13.2 Å². The first-order valence-electron chi connectivity index (χ1n) is 10.5. The molecule has 0 fully saturated rings. The summed E-state index contributed by atoms with van der Waals surface area (Å²) in [5, 5.41) is 5.32. The van der Waals surface area contributed by atoms with Crippen molar-refractivity contribution >= 4 is 33.0 Å². The van der Waals surface area contributed by atoms with Crippen molar-refractivity contribution in [3.8, 4) is 0 Å². The van der Waals surface area contributed by atoms with Gasteiger partial charge in [-0.25, -0.2) is 9.97 Å². The van der Waals surface area contributed by atoms with Crippen LogP contribution < -0.4 is 9.62 Å². The SMILES string of the molecule is CCC(C(=O)NCc1nccs1)N(c1ccc(C)cc1)S(=O)(=O)c1ccc(C(C)C)cn1. The number of sulfonamides is 1. The van der Waals surface area contributed by atoms with Gasteiger partial charge in [-0.1, -0.05) is 44.5 Å². The summed E-state index contributed by atoms with van der Waals surface area (Å²) in [4.78, 5) is 21.5. The Bertz CT molecular complexity index is 1130. The fourth-order valence-corrected chi connectivity index (χ4v) is 5.41. The fraction of sp³-hybridized carbons (Fsp3) is 0.348. The molecule has 2 aromatic heterocycles. The van der Waals surface area contributed by atoms with Crippen molar-refractivity contribution in [1.29, 1.82) is 0 Å². The summed E-state index contributed by atoms with van der Waals surface area (Å²) >= 11 is 1.43. The van der Waals surface area contributed by atoms with E-state index in [4.69, 9.17) is 0 Å². The Morgan fingerprint density at radius 2 is 1.84 bits per heavy atom. The number of nitrogens with zero attached hydrogens (tertiary/aromatic N) is 3. The summed E-state index contributed by atoms with van der Waals surface area (Å²) in [5.74, 6) is -0.155. The fourth-order valence-electron chi connectivity index (χ4n) is 3.24. The van der Waals surface area contributed by atoms with Crippen LogP contribution in [0.3, 0.4) is 0 Å². The van der Waals surface area contributed by atoms with Gasteiger partial charge in [-0.3, -0.25) is 9.10 Å². The molecule has 0 spiro atoms. The van der Waals surface area contributed by atoms with E-state index in [2.05, 4.69) is 15.3 Å². The van der Waals surface area contributed by atoms with Crippen LogP contribution in [0.25, 0.3) is 0 Å². The van der Waals surface area contributed by atoms with Crippen molar-refractivity contribution in [2.75, 3.05) is 4.31 Å². The highest BCUT2D eigenvalue weighted by atomic mass is 32.2. The minimum atomic E-state index is -4.09. The maximum atomic E-state index is 13.7. The molecule has 170 valence electrons. The summed E-state index contributed by atoms with van der Waals surface area (Å²) in [7, 11) is -4.09. The standard InChI is InChI=1S/C23H28N4O3S2/c1-5-20(23(28)26-15-21-24-12-13-31-21)27(19-9-6-17(4)7-10-19)32(29,30)22-11-8-18(14-25-22)16(2)3/h6-14,16,20H,5,15H2,1-4H3,(H,26,28). The third kappa shape index (κ3) is 5.34. The molecule has 3 aromatic rings. The summed E-state index contributed by atoms with van der Waals surface area (Å²) in [6.45, 7) is 8.00. The highest BCUT2D eigenvalue weighted by Crippen LogP contribution is 2.28. The molecule has 0 aliphatic rings. The Kier molecular flexibility index (Phi) is 7.63. The van der Waals surface area contributed by atoms with Gasteiger partial charge in [0.1, 0.15) is 11.0 Å². The molecule has 0 saturated carbocycles. The van der Waals surface area contributed by atoms with Crippen LogP contribution >= 0.6 is 11.3 Å². The van der Waals surface area contributed by atoms with Crippen LogP contribution in [0.1, 0.15) is 49.2 Å². The highest BCUT2D eigenvalue weighted by molar-refractivity contribution is 7.92. The normalized spacial score (nSPS) is 12.5. The van der Waals surface area contributed by atoms with E-state index in [1.54, 1.807) is 37.5 Å². The Morgan fingerprint density at radius 1 is 1.12 bits per heavy atom. The lowest BCUT2D eigenvalue weighted by atomic mass is 10.1. The minimum absolute atomic E-state index is 0.0892. The molecule has 9 heteroatoms. The van der Waals surface area contributed by atoms with Crippen molar-refractivity contribution in [2.24, 2.45) is 0 Å². The van der Waals surface area contributed by atoms with E-state index in [9.17, 15) is 13.2 Å². The molecule has 32 heavy (non-hydrogen) atoms. The maximum Gasteiger partial charge on any atom is 0.282 e. The molecule has 1 amide bonds. The molecule has 2 heterocycles. The number of pyridine rings is 1. The van der Waals surface area contributed by atoms with E-state index in [1.807, 2.05) is 38.3 Å². The molecule has 1 aromatic carbocycles. The molecule has 3 rings (SSSR count). The third-order valence-electron chi connectivity index (χ3n) is 5.11. The van der Waals surface area contributed by atoms with Crippen molar-refractivity contribution in [3.63, 3.8) is 0 Å². The third-order valence-corrected chi connectivity index (χ3v) is 7.64. The number of amides is 1. The molecule has 0 saturated heterocycles. The number of carbonyl (C=O) groups excluding carboxylic acids is 1. The zero-order chi connectivity index (χ0) is 23.3. The topological polar surface area (TPSA) is 92.3 Å². The molecule has 0 radical (unpaired) electrons. The van der Waals surface area contributed by atoms with Gasteiger partial charge in [0.05, 0.1) is 12.2 Å². The van der Waals surface area contributed by atoms with Gasteiger partial charge in [-0.05, 0) is 43.0 Å². The zero-order valence-electron chi connectivity index (χ0n) is 18.6. The average molecular weight is 473 g/mol. The van der Waals surface area contributed by atoms with E-state index in [0.29, 0.717) is 12.1 Å². The first-order chi connectivity index (χ1) is 15.2. The van der Waals surface area contributed by atoms with Gasteiger partial charge in [-0.15, -0.1) is 11.3 Å². The second-order valence-corrected chi connectivity index (χ2v) is 10.5. The number of rotatable bonds is 9. The van der Waals surface area contributed by atoms with Gasteiger partial charge >= 0.3 is 0 Å². The molecule has 1 N–H and O–H groups in total. The predicted molar refractivity (Wildman–Crippen MR) is 127 cm³/mol. The summed E-state index contributed by atoms with van der Waals surface area (Å²) in [6, 6.07) is 9.42. The number of thiazole rings is 1. The van der Waals surface area contributed by atoms with E-state index in [-0.39, 0.29) is 23.4 Å². The average Bonchev–Trinajstić information content (AvgIpc) is 3.30. The van der Waals surface area contributed by atoms with Crippen LogP contribution in [0, 0.1) is 6.92 Å². The van der Waals surface area contributed by atoms with E-state index >= 15 is 0 Å². The molecular formula is C23H28N4O3S2. The second-order valence-electron chi connectivity index (χ2n) is 7.79. The smallest absolute Gasteiger partial charge is 0.282 e. The molecule has 1 unspecified atom stereocenters. The molecule has 0 aliphatic carbocycles. The van der Waals surface area contributed by atoms with E-state index in [0.717, 1.165) is 16.1 Å². The predicted octanol–water partition coefficient (Wildman–Crippen LogP) is 4.26. The Morgan fingerprint density at radius 3 is 2.38 bits per heavy atom. The number of anilines is 1. The van der Waals surface area contributed by atoms with Gasteiger partial charge in [0.2, 0.25) is 5.91 Å². The lowest BCUT2D eigenvalue weighted by Crippen LogP contribution is -2.49.